The Labute approximate surface area is 128 Å². The first-order chi connectivity index (χ1) is 10.6. The van der Waals surface area contributed by atoms with Crippen LogP contribution >= 0.6 is 0 Å². The average Bonchev–Trinajstić information content (AvgIpc) is 3.05. The molecule has 118 valence electrons. The van der Waals surface area contributed by atoms with Crippen molar-refractivity contribution in [3.8, 4) is 0 Å². The zero-order valence-corrected chi connectivity index (χ0v) is 12.4. The number of carbonyl (C=O) groups is 2. The van der Waals surface area contributed by atoms with Gasteiger partial charge in [-0.15, -0.1) is 0 Å². The lowest BCUT2D eigenvalue weighted by atomic mass is 9.81. The number of aromatic nitrogens is 1. The van der Waals surface area contributed by atoms with Crippen LogP contribution in [0.3, 0.4) is 0 Å². The third kappa shape index (κ3) is 2.31. The number of ether oxygens (including phenoxy) is 1. The molecule has 2 N–H and O–H groups in total. The molecule has 0 amide bonds. The molecule has 22 heavy (non-hydrogen) atoms. The molecule has 0 bridgehead atoms. The summed E-state index contributed by atoms with van der Waals surface area (Å²) >= 11 is 0. The molecule has 2 aliphatic rings. The topological polar surface area (TPSA) is 91.8 Å². The van der Waals surface area contributed by atoms with Gasteiger partial charge in [0.25, 0.3) is 0 Å². The fraction of sp³-hybridized carbons (Fsp3) is 0.533. The van der Waals surface area contributed by atoms with Gasteiger partial charge in [-0.3, -0.25) is 4.79 Å². The van der Waals surface area contributed by atoms with E-state index in [1.54, 1.807) is 19.1 Å². The molecule has 2 fully saturated rings. The first kappa shape index (κ1) is 14.8. The first-order valence-electron chi connectivity index (χ1n) is 7.39. The number of esters is 1. The SMILES string of the molecule is CCOC(=O)c1ccc(N2C[C@@H]3CNC[C@]3(C(=O)O)C2)nc1. The normalized spacial score (nSPS) is 26.8. The van der Waals surface area contributed by atoms with Crippen LogP contribution in [0, 0.1) is 11.3 Å². The van der Waals surface area contributed by atoms with E-state index in [0.717, 1.165) is 0 Å². The minimum absolute atomic E-state index is 0.0801. The lowest BCUT2D eigenvalue weighted by Crippen LogP contribution is -2.40. The van der Waals surface area contributed by atoms with Crippen molar-refractivity contribution < 1.29 is 19.4 Å². The van der Waals surface area contributed by atoms with Gasteiger partial charge in [0.15, 0.2) is 0 Å². The van der Waals surface area contributed by atoms with Gasteiger partial charge >= 0.3 is 11.9 Å². The number of rotatable bonds is 4. The summed E-state index contributed by atoms with van der Waals surface area (Å²) in [6.45, 7) is 4.37. The maximum Gasteiger partial charge on any atom is 0.339 e. The molecule has 2 atom stereocenters. The Morgan fingerprint density at radius 2 is 2.36 bits per heavy atom. The summed E-state index contributed by atoms with van der Waals surface area (Å²) in [6.07, 6.45) is 1.48. The van der Waals surface area contributed by atoms with E-state index >= 15 is 0 Å². The van der Waals surface area contributed by atoms with Crippen molar-refractivity contribution in [2.45, 2.75) is 6.92 Å². The van der Waals surface area contributed by atoms with Crippen LogP contribution in [-0.4, -0.2) is 54.8 Å². The second kappa shape index (κ2) is 5.57. The maximum atomic E-state index is 11.6. The molecule has 0 aliphatic carbocycles. The molecule has 0 aromatic carbocycles. The zero-order valence-electron chi connectivity index (χ0n) is 12.4. The lowest BCUT2D eigenvalue weighted by molar-refractivity contribution is -0.148. The molecule has 2 aliphatic heterocycles. The van der Waals surface area contributed by atoms with Gasteiger partial charge in [0, 0.05) is 38.3 Å². The molecule has 0 saturated carbocycles. The third-order valence-corrected chi connectivity index (χ3v) is 4.54. The van der Waals surface area contributed by atoms with Crippen molar-refractivity contribution in [3.05, 3.63) is 23.9 Å². The van der Waals surface area contributed by atoms with E-state index in [1.165, 1.54) is 6.20 Å². The van der Waals surface area contributed by atoms with E-state index in [1.807, 2.05) is 4.90 Å². The van der Waals surface area contributed by atoms with Crippen LogP contribution in [0.15, 0.2) is 18.3 Å². The van der Waals surface area contributed by atoms with Crippen LogP contribution < -0.4 is 10.2 Å². The van der Waals surface area contributed by atoms with Crippen LogP contribution in [0.5, 0.6) is 0 Å². The first-order valence-corrected chi connectivity index (χ1v) is 7.39. The summed E-state index contributed by atoms with van der Waals surface area (Å²) in [5, 5.41) is 12.7. The quantitative estimate of drug-likeness (QED) is 0.776. The van der Waals surface area contributed by atoms with Crippen molar-refractivity contribution in [3.63, 3.8) is 0 Å². The van der Waals surface area contributed by atoms with Crippen molar-refractivity contribution in [2.75, 3.05) is 37.7 Å². The van der Waals surface area contributed by atoms with E-state index in [-0.39, 0.29) is 5.92 Å². The third-order valence-electron chi connectivity index (χ3n) is 4.54. The Kier molecular flexibility index (Phi) is 3.74. The molecular formula is C15H19N3O4. The Morgan fingerprint density at radius 3 is 2.95 bits per heavy atom. The smallest absolute Gasteiger partial charge is 0.339 e. The molecule has 0 spiro atoms. The fourth-order valence-corrected chi connectivity index (χ4v) is 3.31. The number of nitrogens with zero attached hydrogens (tertiary/aromatic N) is 2. The van der Waals surface area contributed by atoms with Crippen LogP contribution in [-0.2, 0) is 9.53 Å². The summed E-state index contributed by atoms with van der Waals surface area (Å²) in [5.41, 5.74) is -0.332. The highest BCUT2D eigenvalue weighted by atomic mass is 16.5. The minimum Gasteiger partial charge on any atom is -0.481 e. The molecule has 0 radical (unpaired) electrons. The van der Waals surface area contributed by atoms with Crippen LogP contribution in [0.1, 0.15) is 17.3 Å². The number of aliphatic carboxylic acids is 1. The number of carboxylic acid groups (broad SMARTS) is 1. The van der Waals surface area contributed by atoms with E-state index < -0.39 is 17.4 Å². The molecule has 3 rings (SSSR count). The van der Waals surface area contributed by atoms with Crippen LogP contribution in [0.4, 0.5) is 5.82 Å². The Bertz CT molecular complexity index is 589. The molecular weight excluding hydrogens is 286 g/mol. The summed E-state index contributed by atoms with van der Waals surface area (Å²) in [6, 6.07) is 3.41. The Hall–Kier alpha value is -2.15. The Morgan fingerprint density at radius 1 is 1.55 bits per heavy atom. The van der Waals surface area contributed by atoms with E-state index in [0.29, 0.717) is 44.2 Å². The van der Waals surface area contributed by atoms with Crippen LogP contribution in [0.2, 0.25) is 0 Å². The van der Waals surface area contributed by atoms with Gasteiger partial charge in [0.2, 0.25) is 0 Å². The molecule has 7 heteroatoms. The fourth-order valence-electron chi connectivity index (χ4n) is 3.31. The van der Waals surface area contributed by atoms with Gasteiger partial charge in [0.1, 0.15) is 11.2 Å². The Balaban J connectivity index is 1.76. The van der Waals surface area contributed by atoms with Gasteiger partial charge < -0.3 is 20.1 Å². The number of hydrogen-bond donors (Lipinski definition) is 2. The number of hydrogen-bond acceptors (Lipinski definition) is 6. The second-order valence-corrected chi connectivity index (χ2v) is 5.80. The molecule has 1 aromatic rings. The minimum atomic E-state index is -0.756. The van der Waals surface area contributed by atoms with Gasteiger partial charge in [0.05, 0.1) is 12.2 Å². The number of fused-ring (bicyclic) bond motifs is 1. The number of nitrogens with one attached hydrogen (secondary N) is 1. The van der Waals surface area contributed by atoms with Crippen molar-refractivity contribution in [1.29, 1.82) is 0 Å². The zero-order chi connectivity index (χ0) is 15.7. The molecule has 7 nitrogen and oxygen atoms in total. The van der Waals surface area contributed by atoms with Crippen LogP contribution in [0.25, 0.3) is 0 Å². The molecule has 2 saturated heterocycles. The number of anilines is 1. The van der Waals surface area contributed by atoms with Gasteiger partial charge in [-0.25, -0.2) is 9.78 Å². The number of pyridine rings is 1. The predicted octanol–water partition coefficient (Wildman–Crippen LogP) is 0.369. The largest absolute Gasteiger partial charge is 0.481 e. The van der Waals surface area contributed by atoms with Gasteiger partial charge in [-0.1, -0.05) is 0 Å². The van der Waals surface area contributed by atoms with Gasteiger partial charge in [-0.05, 0) is 19.1 Å². The second-order valence-electron chi connectivity index (χ2n) is 5.80. The lowest BCUT2D eigenvalue weighted by Gasteiger charge is -2.23. The maximum absolute atomic E-state index is 11.6. The predicted molar refractivity (Wildman–Crippen MR) is 78.8 cm³/mol. The molecule has 1 aromatic heterocycles. The highest BCUT2D eigenvalue weighted by molar-refractivity contribution is 5.89. The number of carbonyl (C=O) groups excluding carboxylic acids is 1. The monoisotopic (exact) mass is 305 g/mol. The summed E-state index contributed by atoms with van der Waals surface area (Å²) in [4.78, 5) is 29.5. The summed E-state index contributed by atoms with van der Waals surface area (Å²) < 4.78 is 4.92. The van der Waals surface area contributed by atoms with E-state index in [2.05, 4.69) is 10.3 Å². The van der Waals surface area contributed by atoms with Gasteiger partial charge in [-0.2, -0.15) is 0 Å². The average molecular weight is 305 g/mol. The molecule has 3 heterocycles. The highest BCUT2D eigenvalue weighted by Crippen LogP contribution is 2.40. The van der Waals surface area contributed by atoms with Crippen molar-refractivity contribution in [2.24, 2.45) is 11.3 Å². The van der Waals surface area contributed by atoms with Crippen molar-refractivity contribution in [1.82, 2.24) is 10.3 Å². The highest BCUT2D eigenvalue weighted by Gasteiger charge is 2.55. The summed E-state index contributed by atoms with van der Waals surface area (Å²) in [7, 11) is 0. The molecule has 0 unspecified atom stereocenters. The van der Waals surface area contributed by atoms with Crippen molar-refractivity contribution >= 4 is 17.8 Å². The standard InChI is InChI=1S/C15H19N3O4/c1-2-22-13(19)10-3-4-12(17-5-10)18-7-11-6-16-8-15(11,9-18)14(20)21/h3-5,11,16H,2,6-9H2,1H3,(H,20,21)/t11-,15-/m0/s1. The van der Waals surface area contributed by atoms with E-state index in [9.17, 15) is 14.7 Å². The number of carboxylic acids is 1. The van der Waals surface area contributed by atoms with E-state index in [4.69, 9.17) is 4.74 Å². The summed E-state index contributed by atoms with van der Waals surface area (Å²) in [5.74, 6) is -0.376.